The number of aliphatic hydroxyl groups is 1. The van der Waals surface area contributed by atoms with Gasteiger partial charge < -0.3 is 14.7 Å². The predicted molar refractivity (Wildman–Crippen MR) is 87.4 cm³/mol. The zero-order valence-corrected chi connectivity index (χ0v) is 14.4. The van der Waals surface area contributed by atoms with Crippen LogP contribution in [0.25, 0.3) is 0 Å². The summed E-state index contributed by atoms with van der Waals surface area (Å²) in [6.07, 6.45) is 2.31. The summed E-state index contributed by atoms with van der Waals surface area (Å²) in [7, 11) is 0. The maximum atomic E-state index is 12.7. The first-order valence-electron chi connectivity index (χ1n) is 8.14. The molecule has 0 bridgehead atoms. The minimum absolute atomic E-state index is 0.119. The number of carbonyl (C=O) groups excluding carboxylic acids is 1. The van der Waals surface area contributed by atoms with Gasteiger partial charge in [-0.15, -0.1) is 11.3 Å². The van der Waals surface area contributed by atoms with E-state index in [9.17, 15) is 9.90 Å². The van der Waals surface area contributed by atoms with Crippen molar-refractivity contribution in [3.63, 3.8) is 0 Å². The van der Waals surface area contributed by atoms with Gasteiger partial charge in [-0.3, -0.25) is 4.79 Å². The lowest BCUT2D eigenvalue weighted by molar-refractivity contribution is -0.207. The third-order valence-electron chi connectivity index (χ3n) is 5.36. The number of thiophene rings is 1. The largest absolute Gasteiger partial charge is 0.392 e. The molecule has 1 aliphatic carbocycles. The molecule has 1 N–H and O–H groups in total. The fourth-order valence-corrected chi connectivity index (χ4v) is 4.87. The topological polar surface area (TPSA) is 49.8 Å². The third kappa shape index (κ3) is 2.49. The fourth-order valence-electron chi connectivity index (χ4n) is 3.96. The molecule has 0 aromatic carbocycles. The Morgan fingerprint density at radius 1 is 1.45 bits per heavy atom. The van der Waals surface area contributed by atoms with Crippen LogP contribution < -0.4 is 0 Å². The molecule has 1 aliphatic heterocycles. The number of hydrogen-bond acceptors (Lipinski definition) is 4. The Bertz CT molecular complexity index is 558. The van der Waals surface area contributed by atoms with Crippen molar-refractivity contribution >= 4 is 17.2 Å². The molecule has 1 amide bonds. The molecule has 1 saturated carbocycles. The van der Waals surface area contributed by atoms with Crippen molar-refractivity contribution in [2.24, 2.45) is 5.41 Å². The van der Waals surface area contributed by atoms with Crippen LogP contribution in [0, 0.1) is 19.3 Å². The van der Waals surface area contributed by atoms with Crippen LogP contribution in [0.5, 0.6) is 0 Å². The van der Waals surface area contributed by atoms with E-state index in [0.717, 1.165) is 29.7 Å². The number of amides is 1. The summed E-state index contributed by atoms with van der Waals surface area (Å²) < 4.78 is 5.78. The van der Waals surface area contributed by atoms with Crippen molar-refractivity contribution in [1.29, 1.82) is 0 Å². The van der Waals surface area contributed by atoms with Crippen LogP contribution in [0.15, 0.2) is 6.07 Å². The molecule has 1 saturated heterocycles. The van der Waals surface area contributed by atoms with Gasteiger partial charge in [0.05, 0.1) is 17.8 Å². The van der Waals surface area contributed by atoms with E-state index < -0.39 is 0 Å². The molecule has 1 aromatic rings. The van der Waals surface area contributed by atoms with Crippen LogP contribution in [0.4, 0.5) is 0 Å². The zero-order chi connectivity index (χ0) is 15.9. The Labute approximate surface area is 136 Å². The quantitative estimate of drug-likeness (QED) is 0.930. The van der Waals surface area contributed by atoms with E-state index in [1.807, 2.05) is 31.7 Å². The standard InChI is InChI=1S/C17H25NO3S/c1-4-21-15-10-14(19)17(15)5-7-18(8-6-17)16(20)13-9-11(2)22-12(13)3/h9,14-15,19H,4-8,10H2,1-3H3/t14-,15-/m1/s1. The number of likely N-dealkylation sites (tertiary alicyclic amines) is 1. The molecule has 4 nitrogen and oxygen atoms in total. The van der Waals surface area contributed by atoms with Gasteiger partial charge in [0.25, 0.3) is 5.91 Å². The average molecular weight is 323 g/mol. The maximum Gasteiger partial charge on any atom is 0.254 e. The molecule has 0 unspecified atom stereocenters. The molecule has 122 valence electrons. The highest BCUT2D eigenvalue weighted by molar-refractivity contribution is 7.12. The molecule has 3 rings (SSSR count). The second-order valence-electron chi connectivity index (χ2n) is 6.55. The van der Waals surface area contributed by atoms with E-state index in [2.05, 4.69) is 0 Å². The van der Waals surface area contributed by atoms with Gasteiger partial charge in [0.1, 0.15) is 0 Å². The molecule has 1 aromatic heterocycles. The first-order chi connectivity index (χ1) is 10.5. The van der Waals surface area contributed by atoms with Crippen LogP contribution in [-0.2, 0) is 4.74 Å². The number of aliphatic hydroxyl groups excluding tert-OH is 1. The number of nitrogens with zero attached hydrogens (tertiary/aromatic N) is 1. The number of piperidine rings is 1. The lowest BCUT2D eigenvalue weighted by atomic mass is 9.58. The van der Waals surface area contributed by atoms with Gasteiger partial charge in [0, 0.05) is 41.3 Å². The third-order valence-corrected chi connectivity index (χ3v) is 6.33. The number of aryl methyl sites for hydroxylation is 2. The highest BCUT2D eigenvalue weighted by Gasteiger charge is 2.56. The first kappa shape index (κ1) is 16.0. The second kappa shape index (κ2) is 5.95. The first-order valence-corrected chi connectivity index (χ1v) is 8.95. The number of ether oxygens (including phenoxy) is 1. The number of hydrogen-bond donors (Lipinski definition) is 1. The van der Waals surface area contributed by atoms with Gasteiger partial charge in [-0.05, 0) is 39.7 Å². The summed E-state index contributed by atoms with van der Waals surface area (Å²) in [4.78, 5) is 16.9. The average Bonchev–Trinajstić information content (AvgIpc) is 2.85. The Balaban J connectivity index is 1.67. The van der Waals surface area contributed by atoms with Crippen molar-refractivity contribution in [1.82, 2.24) is 4.90 Å². The molecular formula is C17H25NO3S. The van der Waals surface area contributed by atoms with E-state index in [-0.39, 0.29) is 23.5 Å². The van der Waals surface area contributed by atoms with Crippen LogP contribution >= 0.6 is 11.3 Å². The highest BCUT2D eigenvalue weighted by Crippen LogP contribution is 2.51. The monoisotopic (exact) mass is 323 g/mol. The van der Waals surface area contributed by atoms with Crippen molar-refractivity contribution in [2.75, 3.05) is 19.7 Å². The Hall–Kier alpha value is -0.910. The number of carbonyl (C=O) groups is 1. The lowest BCUT2D eigenvalue weighted by Gasteiger charge is -2.56. The van der Waals surface area contributed by atoms with E-state index in [0.29, 0.717) is 19.7 Å². The smallest absolute Gasteiger partial charge is 0.254 e. The Morgan fingerprint density at radius 2 is 2.14 bits per heavy atom. The molecule has 2 atom stereocenters. The van der Waals surface area contributed by atoms with E-state index in [1.165, 1.54) is 4.88 Å². The SMILES string of the molecule is CCO[C@@H]1C[C@@H](O)C12CCN(C(=O)c1cc(C)sc1C)CC2. The Morgan fingerprint density at radius 3 is 2.64 bits per heavy atom. The van der Waals surface area contributed by atoms with Crippen molar-refractivity contribution in [3.05, 3.63) is 21.4 Å². The van der Waals surface area contributed by atoms with E-state index >= 15 is 0 Å². The van der Waals surface area contributed by atoms with Gasteiger partial charge in [-0.1, -0.05) is 0 Å². The summed E-state index contributed by atoms with van der Waals surface area (Å²) in [5, 5.41) is 10.2. The summed E-state index contributed by atoms with van der Waals surface area (Å²) in [6.45, 7) is 8.17. The molecule has 1 spiro atoms. The maximum absolute atomic E-state index is 12.7. The minimum atomic E-state index is -0.272. The molecule has 5 heteroatoms. The molecule has 2 fully saturated rings. The second-order valence-corrected chi connectivity index (χ2v) is 8.01. The fraction of sp³-hybridized carbons (Fsp3) is 0.706. The van der Waals surface area contributed by atoms with Crippen LogP contribution in [0.1, 0.15) is 46.3 Å². The predicted octanol–water partition coefficient (Wildman–Crippen LogP) is 2.76. The van der Waals surface area contributed by atoms with Crippen molar-refractivity contribution in [2.45, 2.75) is 52.2 Å². The Kier molecular flexibility index (Phi) is 4.32. The van der Waals surface area contributed by atoms with Crippen molar-refractivity contribution < 1.29 is 14.6 Å². The molecule has 22 heavy (non-hydrogen) atoms. The van der Waals surface area contributed by atoms with Gasteiger partial charge in [-0.25, -0.2) is 0 Å². The zero-order valence-electron chi connectivity index (χ0n) is 13.6. The van der Waals surface area contributed by atoms with Gasteiger partial charge in [0.2, 0.25) is 0 Å². The van der Waals surface area contributed by atoms with Crippen molar-refractivity contribution in [3.8, 4) is 0 Å². The van der Waals surface area contributed by atoms with Crippen LogP contribution in [0.3, 0.4) is 0 Å². The summed E-state index contributed by atoms with van der Waals surface area (Å²) >= 11 is 1.68. The molecule has 0 radical (unpaired) electrons. The van der Waals surface area contributed by atoms with Gasteiger partial charge >= 0.3 is 0 Å². The number of rotatable bonds is 3. The van der Waals surface area contributed by atoms with E-state index in [1.54, 1.807) is 11.3 Å². The van der Waals surface area contributed by atoms with Gasteiger partial charge in [0.15, 0.2) is 0 Å². The van der Waals surface area contributed by atoms with Crippen LogP contribution in [0.2, 0.25) is 0 Å². The van der Waals surface area contributed by atoms with E-state index in [4.69, 9.17) is 4.74 Å². The van der Waals surface area contributed by atoms with Gasteiger partial charge in [-0.2, -0.15) is 0 Å². The normalized spacial score (nSPS) is 27.0. The molecule has 2 heterocycles. The molecular weight excluding hydrogens is 298 g/mol. The lowest BCUT2D eigenvalue weighted by Crippen LogP contribution is -2.62. The highest BCUT2D eigenvalue weighted by atomic mass is 32.1. The molecule has 2 aliphatic rings. The summed E-state index contributed by atoms with van der Waals surface area (Å²) in [5.74, 6) is 0.137. The summed E-state index contributed by atoms with van der Waals surface area (Å²) in [6, 6.07) is 1.99. The summed E-state index contributed by atoms with van der Waals surface area (Å²) in [5.41, 5.74) is 0.723. The minimum Gasteiger partial charge on any atom is -0.392 e. The van der Waals surface area contributed by atoms with Crippen LogP contribution in [-0.4, -0.2) is 47.8 Å².